The molecule has 1 aliphatic heterocycles. The molecule has 1 saturated heterocycles. The number of anilines is 1. The van der Waals surface area contributed by atoms with E-state index in [-0.39, 0.29) is 9.79 Å². The van der Waals surface area contributed by atoms with Crippen LogP contribution in [0.1, 0.15) is 17.8 Å². The number of benzene rings is 2. The number of hydrogen-bond acceptors (Lipinski definition) is 6. The summed E-state index contributed by atoms with van der Waals surface area (Å²) in [5.74, 6) is 0. The first-order valence-electron chi connectivity index (χ1n) is 9.41. The van der Waals surface area contributed by atoms with Gasteiger partial charge in [0.15, 0.2) is 0 Å². The number of nitrogens with zero attached hydrogens (tertiary/aromatic N) is 2. The maximum atomic E-state index is 12.8. The minimum atomic E-state index is -3.86. The van der Waals surface area contributed by atoms with Crippen molar-refractivity contribution in [3.63, 3.8) is 0 Å². The Morgan fingerprint density at radius 2 is 1.63 bits per heavy atom. The van der Waals surface area contributed by atoms with Gasteiger partial charge in [-0.05, 0) is 56.2 Å². The maximum absolute atomic E-state index is 12.8. The molecule has 30 heavy (non-hydrogen) atoms. The molecule has 0 spiro atoms. The first kappa shape index (κ1) is 21.0. The summed E-state index contributed by atoms with van der Waals surface area (Å²) < 4.78 is 54.8. The predicted molar refractivity (Wildman–Crippen MR) is 118 cm³/mol. The second kappa shape index (κ2) is 8.10. The standard InChI is InChI=1S/C20H21N3O4S3/c1-15-21-20(14-28-15)16-5-4-6-17(13-16)22-29(24,25)18-7-9-19(10-8-18)30(26,27)23-11-2-3-12-23/h4-10,13-14,22H,2-3,11-12H2,1H3. The van der Waals surface area contributed by atoms with Gasteiger partial charge in [-0.1, -0.05) is 12.1 Å². The predicted octanol–water partition coefficient (Wildman–Crippen LogP) is 3.70. The molecule has 7 nitrogen and oxygen atoms in total. The second-order valence-electron chi connectivity index (χ2n) is 7.02. The van der Waals surface area contributed by atoms with Crippen molar-refractivity contribution in [1.82, 2.24) is 9.29 Å². The SMILES string of the molecule is Cc1nc(-c2cccc(NS(=O)(=O)c3ccc(S(=O)(=O)N4CCCC4)cc3)c2)cs1. The van der Waals surface area contributed by atoms with Gasteiger partial charge < -0.3 is 0 Å². The van der Waals surface area contributed by atoms with Gasteiger partial charge in [0, 0.05) is 29.7 Å². The molecular weight excluding hydrogens is 442 g/mol. The van der Waals surface area contributed by atoms with Crippen LogP contribution in [-0.4, -0.2) is 39.2 Å². The van der Waals surface area contributed by atoms with Crippen molar-refractivity contribution in [3.8, 4) is 11.3 Å². The third kappa shape index (κ3) is 4.27. The van der Waals surface area contributed by atoms with E-state index >= 15 is 0 Å². The molecule has 0 unspecified atom stereocenters. The van der Waals surface area contributed by atoms with Crippen molar-refractivity contribution in [2.75, 3.05) is 17.8 Å². The van der Waals surface area contributed by atoms with Gasteiger partial charge in [-0.15, -0.1) is 11.3 Å². The minimum Gasteiger partial charge on any atom is -0.280 e. The fourth-order valence-electron chi connectivity index (χ4n) is 3.32. The van der Waals surface area contributed by atoms with E-state index in [4.69, 9.17) is 0 Å². The van der Waals surface area contributed by atoms with Crippen molar-refractivity contribution in [2.24, 2.45) is 0 Å². The van der Waals surface area contributed by atoms with E-state index in [9.17, 15) is 16.8 Å². The van der Waals surface area contributed by atoms with Crippen LogP contribution in [0.4, 0.5) is 5.69 Å². The van der Waals surface area contributed by atoms with Crippen LogP contribution >= 0.6 is 11.3 Å². The first-order chi connectivity index (χ1) is 14.3. The Hall–Kier alpha value is -2.27. The summed E-state index contributed by atoms with van der Waals surface area (Å²) >= 11 is 1.53. The lowest BCUT2D eigenvalue weighted by Gasteiger charge is -2.16. The summed E-state index contributed by atoms with van der Waals surface area (Å²) in [6, 6.07) is 12.3. The van der Waals surface area contributed by atoms with Gasteiger partial charge >= 0.3 is 0 Å². The molecule has 10 heteroatoms. The topological polar surface area (TPSA) is 96.4 Å². The monoisotopic (exact) mass is 463 g/mol. The van der Waals surface area contributed by atoms with Gasteiger partial charge in [-0.25, -0.2) is 21.8 Å². The molecule has 0 amide bonds. The second-order valence-corrected chi connectivity index (χ2v) is 11.7. The molecule has 0 bridgehead atoms. The van der Waals surface area contributed by atoms with Gasteiger partial charge in [0.1, 0.15) is 0 Å². The van der Waals surface area contributed by atoms with E-state index in [1.807, 2.05) is 18.4 Å². The molecule has 1 N–H and O–H groups in total. The number of aromatic nitrogens is 1. The zero-order valence-electron chi connectivity index (χ0n) is 16.3. The van der Waals surface area contributed by atoms with Crippen LogP contribution in [0.15, 0.2) is 63.7 Å². The summed E-state index contributed by atoms with van der Waals surface area (Å²) in [5, 5.41) is 2.85. The van der Waals surface area contributed by atoms with Crippen LogP contribution in [0.25, 0.3) is 11.3 Å². The van der Waals surface area contributed by atoms with Crippen molar-refractivity contribution in [3.05, 3.63) is 58.9 Å². The number of nitrogens with one attached hydrogen (secondary N) is 1. The van der Waals surface area contributed by atoms with Gasteiger partial charge in [0.25, 0.3) is 10.0 Å². The van der Waals surface area contributed by atoms with E-state index in [1.54, 1.807) is 18.2 Å². The molecule has 4 rings (SSSR count). The molecule has 0 radical (unpaired) electrons. The van der Waals surface area contributed by atoms with Crippen molar-refractivity contribution < 1.29 is 16.8 Å². The molecule has 2 aromatic carbocycles. The van der Waals surface area contributed by atoms with Crippen LogP contribution in [0, 0.1) is 6.92 Å². The number of rotatable bonds is 6. The van der Waals surface area contributed by atoms with Gasteiger partial charge in [-0.3, -0.25) is 4.72 Å². The van der Waals surface area contributed by atoms with E-state index in [0.717, 1.165) is 29.1 Å². The number of thiazole rings is 1. The smallest absolute Gasteiger partial charge is 0.261 e. The third-order valence-corrected chi connectivity index (χ3v) is 8.95. The molecule has 0 aliphatic carbocycles. The average Bonchev–Trinajstić information content (AvgIpc) is 3.40. The van der Waals surface area contributed by atoms with Crippen molar-refractivity contribution >= 4 is 37.1 Å². The van der Waals surface area contributed by atoms with Crippen LogP contribution in [0.3, 0.4) is 0 Å². The quantitative estimate of drug-likeness (QED) is 0.601. The number of hydrogen-bond donors (Lipinski definition) is 1. The highest BCUT2D eigenvalue weighted by molar-refractivity contribution is 7.92. The molecule has 158 valence electrons. The molecule has 0 atom stereocenters. The molecule has 0 saturated carbocycles. The van der Waals surface area contributed by atoms with Gasteiger partial charge in [-0.2, -0.15) is 4.31 Å². The van der Waals surface area contributed by atoms with Crippen molar-refractivity contribution in [1.29, 1.82) is 0 Å². The molecule has 3 aromatic rings. The summed E-state index contributed by atoms with van der Waals surface area (Å²) in [7, 11) is -7.45. The lowest BCUT2D eigenvalue weighted by atomic mass is 10.1. The first-order valence-corrected chi connectivity index (χ1v) is 13.2. The minimum absolute atomic E-state index is 0.00206. The number of sulfonamides is 2. The van der Waals surface area contributed by atoms with Crippen molar-refractivity contribution in [2.45, 2.75) is 29.6 Å². The van der Waals surface area contributed by atoms with E-state index in [0.29, 0.717) is 18.8 Å². The molecule has 1 fully saturated rings. The zero-order valence-corrected chi connectivity index (χ0v) is 18.7. The Kier molecular flexibility index (Phi) is 5.67. The van der Waals surface area contributed by atoms with Crippen LogP contribution < -0.4 is 4.72 Å². The lowest BCUT2D eigenvalue weighted by Crippen LogP contribution is -2.27. The molecule has 1 aromatic heterocycles. The fraction of sp³-hybridized carbons (Fsp3) is 0.250. The fourth-order valence-corrected chi connectivity index (χ4v) is 6.51. The highest BCUT2D eigenvalue weighted by atomic mass is 32.2. The molecule has 2 heterocycles. The Morgan fingerprint density at radius 3 is 2.27 bits per heavy atom. The van der Waals surface area contributed by atoms with Gasteiger partial charge in [0.05, 0.1) is 20.5 Å². The normalized spacial score (nSPS) is 15.4. The highest BCUT2D eigenvalue weighted by Crippen LogP contribution is 2.26. The van der Waals surface area contributed by atoms with Crippen LogP contribution in [0.5, 0.6) is 0 Å². The molecule has 1 aliphatic rings. The van der Waals surface area contributed by atoms with E-state index in [2.05, 4.69) is 9.71 Å². The Morgan fingerprint density at radius 1 is 0.967 bits per heavy atom. The Labute approximate surface area is 180 Å². The largest absolute Gasteiger partial charge is 0.280 e. The maximum Gasteiger partial charge on any atom is 0.261 e. The summed E-state index contributed by atoms with van der Waals surface area (Å²) in [6.07, 6.45) is 1.68. The highest BCUT2D eigenvalue weighted by Gasteiger charge is 2.27. The zero-order chi connectivity index (χ0) is 21.4. The molecular formula is C20H21N3O4S3. The average molecular weight is 464 g/mol. The van der Waals surface area contributed by atoms with Crippen LogP contribution in [0.2, 0.25) is 0 Å². The summed E-state index contributed by atoms with van der Waals surface area (Å²) in [4.78, 5) is 4.52. The lowest BCUT2D eigenvalue weighted by molar-refractivity contribution is 0.477. The van der Waals surface area contributed by atoms with Gasteiger partial charge in [0.2, 0.25) is 10.0 Å². The van der Waals surface area contributed by atoms with Crippen LogP contribution in [-0.2, 0) is 20.0 Å². The van der Waals surface area contributed by atoms with E-state index < -0.39 is 20.0 Å². The van der Waals surface area contributed by atoms with E-state index in [1.165, 1.54) is 39.9 Å². The Balaban J connectivity index is 1.56. The Bertz CT molecular complexity index is 1260. The summed E-state index contributed by atoms with van der Waals surface area (Å²) in [5.41, 5.74) is 2.01. The third-order valence-electron chi connectivity index (χ3n) is 4.87. The number of aryl methyl sites for hydroxylation is 1. The summed E-state index contributed by atoms with van der Waals surface area (Å²) in [6.45, 7) is 2.91.